The number of nitriles is 1. The lowest BCUT2D eigenvalue weighted by atomic mass is 10.1. The van der Waals surface area contributed by atoms with Gasteiger partial charge in [-0.1, -0.05) is 0 Å². The van der Waals surface area contributed by atoms with E-state index in [1.807, 2.05) is 0 Å². The molecular weight excluding hydrogens is 283 g/mol. The van der Waals surface area contributed by atoms with E-state index in [1.165, 1.54) is 6.07 Å². The zero-order valence-electron chi connectivity index (χ0n) is 11.4. The molecule has 112 valence electrons. The average molecular weight is 297 g/mol. The molecule has 21 heavy (non-hydrogen) atoms. The predicted octanol–water partition coefficient (Wildman–Crippen LogP) is 2.25. The van der Waals surface area contributed by atoms with Gasteiger partial charge < -0.3 is 9.80 Å². The summed E-state index contributed by atoms with van der Waals surface area (Å²) in [6, 6.07) is 4.82. The lowest BCUT2D eigenvalue weighted by Crippen LogP contribution is -2.34. The predicted molar refractivity (Wildman–Crippen MR) is 70.6 cm³/mol. The van der Waals surface area contributed by atoms with Crippen LogP contribution in [0.5, 0.6) is 0 Å². The van der Waals surface area contributed by atoms with Gasteiger partial charge in [0, 0.05) is 20.1 Å². The van der Waals surface area contributed by atoms with Gasteiger partial charge in [-0.2, -0.15) is 18.4 Å². The summed E-state index contributed by atoms with van der Waals surface area (Å²) in [7, 11) is 1.68. The van der Waals surface area contributed by atoms with Crippen molar-refractivity contribution in [1.82, 2.24) is 4.90 Å². The molecule has 1 amide bonds. The highest BCUT2D eigenvalue weighted by atomic mass is 19.4. The molecule has 0 atom stereocenters. The van der Waals surface area contributed by atoms with Crippen LogP contribution in [-0.4, -0.2) is 37.5 Å². The number of benzene rings is 1. The molecule has 1 saturated heterocycles. The highest BCUT2D eigenvalue weighted by molar-refractivity contribution is 5.82. The number of amides is 1. The number of carbonyl (C=O) groups is 1. The van der Waals surface area contributed by atoms with Crippen LogP contribution in [0.3, 0.4) is 0 Å². The number of likely N-dealkylation sites (N-methyl/N-ethyl adjacent to an activating group) is 1. The molecule has 1 aliphatic heterocycles. The molecule has 1 aliphatic rings. The molecule has 1 aromatic rings. The Kier molecular flexibility index (Phi) is 4.07. The Morgan fingerprint density at radius 2 is 2.00 bits per heavy atom. The molecule has 0 N–H and O–H groups in total. The fraction of sp³-hybridized carbons (Fsp3) is 0.429. The summed E-state index contributed by atoms with van der Waals surface area (Å²) < 4.78 is 38.0. The van der Waals surface area contributed by atoms with Crippen molar-refractivity contribution in [3.63, 3.8) is 0 Å². The fourth-order valence-electron chi connectivity index (χ4n) is 2.27. The van der Waals surface area contributed by atoms with Crippen LogP contribution in [0.25, 0.3) is 0 Å². The van der Waals surface area contributed by atoms with Crippen LogP contribution in [0.15, 0.2) is 18.2 Å². The van der Waals surface area contributed by atoms with Gasteiger partial charge in [0.1, 0.15) is 6.07 Å². The first-order valence-electron chi connectivity index (χ1n) is 6.43. The van der Waals surface area contributed by atoms with Gasteiger partial charge in [-0.3, -0.25) is 4.79 Å². The van der Waals surface area contributed by atoms with Crippen molar-refractivity contribution in [3.05, 3.63) is 29.3 Å². The summed E-state index contributed by atoms with van der Waals surface area (Å²) in [5.74, 6) is -0.115. The maximum Gasteiger partial charge on any atom is 0.416 e. The first kappa shape index (κ1) is 15.2. The van der Waals surface area contributed by atoms with Crippen molar-refractivity contribution in [2.24, 2.45) is 0 Å². The van der Waals surface area contributed by atoms with Crippen LogP contribution in [0.2, 0.25) is 0 Å². The second-order valence-electron chi connectivity index (χ2n) is 4.93. The fourth-order valence-corrected chi connectivity index (χ4v) is 2.27. The Morgan fingerprint density at radius 3 is 2.62 bits per heavy atom. The van der Waals surface area contributed by atoms with E-state index in [4.69, 9.17) is 5.26 Å². The Morgan fingerprint density at radius 1 is 1.29 bits per heavy atom. The van der Waals surface area contributed by atoms with Gasteiger partial charge in [-0.05, 0) is 24.6 Å². The Labute approximate surface area is 120 Å². The number of alkyl halides is 3. The van der Waals surface area contributed by atoms with Gasteiger partial charge in [0.15, 0.2) is 0 Å². The molecule has 0 aromatic heterocycles. The standard InChI is InChI=1S/C14H14F3N3O/c1-19-5-2-6-20(9-13(19)21)12-4-3-11(14(15,16)17)7-10(12)8-18/h3-4,7H,2,5-6,9H2,1H3. The van der Waals surface area contributed by atoms with E-state index in [0.717, 1.165) is 12.1 Å². The quantitative estimate of drug-likeness (QED) is 0.798. The number of hydrogen-bond donors (Lipinski definition) is 0. The van der Waals surface area contributed by atoms with E-state index < -0.39 is 11.7 Å². The zero-order valence-corrected chi connectivity index (χ0v) is 11.4. The number of halogens is 3. The van der Waals surface area contributed by atoms with Gasteiger partial charge in [0.05, 0.1) is 23.4 Å². The molecule has 0 bridgehead atoms. The summed E-state index contributed by atoms with van der Waals surface area (Å²) in [4.78, 5) is 15.1. The summed E-state index contributed by atoms with van der Waals surface area (Å²) >= 11 is 0. The van der Waals surface area contributed by atoms with Crippen LogP contribution in [0, 0.1) is 11.3 Å². The van der Waals surface area contributed by atoms with Gasteiger partial charge in [-0.25, -0.2) is 0 Å². The molecule has 1 heterocycles. The van der Waals surface area contributed by atoms with Crippen molar-refractivity contribution in [2.75, 3.05) is 31.6 Å². The van der Waals surface area contributed by atoms with Gasteiger partial charge in [-0.15, -0.1) is 0 Å². The molecule has 4 nitrogen and oxygen atoms in total. The Hall–Kier alpha value is -2.23. The van der Waals surface area contributed by atoms with E-state index in [2.05, 4.69) is 0 Å². The van der Waals surface area contributed by atoms with Crippen molar-refractivity contribution in [1.29, 1.82) is 5.26 Å². The Balaban J connectivity index is 2.36. The van der Waals surface area contributed by atoms with Crippen LogP contribution in [0.1, 0.15) is 17.5 Å². The topological polar surface area (TPSA) is 47.3 Å². The number of anilines is 1. The van der Waals surface area contributed by atoms with E-state index in [9.17, 15) is 18.0 Å². The lowest BCUT2D eigenvalue weighted by Gasteiger charge is -2.23. The summed E-state index contributed by atoms with van der Waals surface area (Å²) in [5, 5.41) is 9.09. The smallest absolute Gasteiger partial charge is 0.361 e. The summed E-state index contributed by atoms with van der Waals surface area (Å²) in [5.41, 5.74) is -0.558. The molecule has 0 saturated carbocycles. The molecule has 0 aliphatic carbocycles. The van der Waals surface area contributed by atoms with Crippen LogP contribution >= 0.6 is 0 Å². The highest BCUT2D eigenvalue weighted by Crippen LogP contribution is 2.33. The molecule has 2 rings (SSSR count). The van der Waals surface area contributed by atoms with Crippen molar-refractivity contribution in [3.8, 4) is 6.07 Å². The first-order chi connectivity index (χ1) is 9.82. The zero-order chi connectivity index (χ0) is 15.6. The molecular formula is C14H14F3N3O. The van der Waals surface area contributed by atoms with Crippen molar-refractivity contribution < 1.29 is 18.0 Å². The third-order valence-electron chi connectivity index (χ3n) is 3.46. The van der Waals surface area contributed by atoms with Crippen molar-refractivity contribution in [2.45, 2.75) is 12.6 Å². The number of hydrogen-bond acceptors (Lipinski definition) is 3. The minimum Gasteiger partial charge on any atom is -0.361 e. The molecule has 1 aromatic carbocycles. The van der Waals surface area contributed by atoms with Crippen LogP contribution in [0.4, 0.5) is 18.9 Å². The first-order valence-corrected chi connectivity index (χ1v) is 6.43. The number of nitrogens with zero attached hydrogens (tertiary/aromatic N) is 3. The Bertz CT molecular complexity index is 592. The molecule has 7 heteroatoms. The lowest BCUT2D eigenvalue weighted by molar-refractivity contribution is -0.137. The van der Waals surface area contributed by atoms with Gasteiger partial charge in [0.25, 0.3) is 0 Å². The van der Waals surface area contributed by atoms with Crippen LogP contribution < -0.4 is 4.90 Å². The van der Waals surface area contributed by atoms with E-state index in [1.54, 1.807) is 22.9 Å². The minimum absolute atomic E-state index is 0.0660. The second-order valence-corrected chi connectivity index (χ2v) is 4.93. The summed E-state index contributed by atoms with van der Waals surface area (Å²) in [6.07, 6.45) is -3.78. The maximum absolute atomic E-state index is 12.7. The molecule has 0 unspecified atom stereocenters. The maximum atomic E-state index is 12.7. The third-order valence-corrected chi connectivity index (χ3v) is 3.46. The minimum atomic E-state index is -4.49. The molecule has 0 spiro atoms. The number of carbonyl (C=O) groups excluding carboxylic acids is 1. The van der Waals surface area contributed by atoms with Crippen LogP contribution in [-0.2, 0) is 11.0 Å². The highest BCUT2D eigenvalue weighted by Gasteiger charge is 2.31. The van der Waals surface area contributed by atoms with E-state index in [-0.39, 0.29) is 18.0 Å². The SMILES string of the molecule is CN1CCCN(c2ccc(C(F)(F)F)cc2C#N)CC1=O. The van der Waals surface area contributed by atoms with E-state index >= 15 is 0 Å². The third kappa shape index (κ3) is 3.27. The largest absolute Gasteiger partial charge is 0.416 e. The van der Waals surface area contributed by atoms with Gasteiger partial charge in [0.2, 0.25) is 5.91 Å². The molecule has 1 fully saturated rings. The summed E-state index contributed by atoms with van der Waals surface area (Å²) in [6.45, 7) is 1.19. The van der Waals surface area contributed by atoms with Crippen molar-refractivity contribution >= 4 is 11.6 Å². The van der Waals surface area contributed by atoms with Gasteiger partial charge >= 0.3 is 6.18 Å². The second kappa shape index (κ2) is 5.64. The normalized spacial score (nSPS) is 16.6. The van der Waals surface area contributed by atoms with E-state index in [0.29, 0.717) is 25.2 Å². The average Bonchev–Trinajstić information content (AvgIpc) is 2.59. The monoisotopic (exact) mass is 297 g/mol. The molecule has 0 radical (unpaired) electrons. The number of rotatable bonds is 1.